The molecule has 0 saturated heterocycles. The number of nitrogens with one attached hydrogen (secondary N) is 2. The van der Waals surface area contributed by atoms with E-state index in [2.05, 4.69) is 25.2 Å². The van der Waals surface area contributed by atoms with Crippen molar-refractivity contribution in [2.45, 2.75) is 19.8 Å². The zero-order valence-corrected chi connectivity index (χ0v) is 8.39. The molecule has 0 unspecified atom stereocenters. The fourth-order valence-corrected chi connectivity index (χ4v) is 1.47. The molecule has 0 aliphatic carbocycles. The Kier molecular flexibility index (Phi) is 3.07. The molecule has 13 heavy (non-hydrogen) atoms. The maximum Gasteiger partial charge on any atom is 0.0429 e. The molecule has 70 valence electrons. The zero-order chi connectivity index (χ0) is 9.84. The molecule has 0 radical (unpaired) electrons. The van der Waals surface area contributed by atoms with Crippen LogP contribution in [0.5, 0.6) is 0 Å². The van der Waals surface area contributed by atoms with Crippen LogP contribution in [0.1, 0.15) is 30.9 Å². The van der Waals surface area contributed by atoms with E-state index in [9.17, 15) is 0 Å². The lowest BCUT2D eigenvalue weighted by Crippen LogP contribution is -2.00. The lowest BCUT2D eigenvalue weighted by atomic mass is 9.96. The molecule has 2 nitrogen and oxygen atoms in total. The Hall–Kier alpha value is -1.31. The highest BCUT2D eigenvalue weighted by Crippen LogP contribution is 2.23. The quantitative estimate of drug-likeness (QED) is 0.682. The third-order valence-electron chi connectivity index (χ3n) is 2.18. The summed E-state index contributed by atoms with van der Waals surface area (Å²) in [6.45, 7) is 4.28. The van der Waals surface area contributed by atoms with Crippen molar-refractivity contribution in [3.63, 3.8) is 0 Å². The van der Waals surface area contributed by atoms with Crippen molar-refractivity contribution >= 4 is 11.9 Å². The van der Waals surface area contributed by atoms with Gasteiger partial charge in [0.2, 0.25) is 0 Å². The summed E-state index contributed by atoms with van der Waals surface area (Å²) in [6, 6.07) is 6.09. The van der Waals surface area contributed by atoms with Gasteiger partial charge in [0, 0.05) is 24.5 Å². The zero-order valence-electron chi connectivity index (χ0n) is 8.39. The molecule has 0 amide bonds. The van der Waals surface area contributed by atoms with Gasteiger partial charge in [-0.2, -0.15) is 0 Å². The van der Waals surface area contributed by atoms with Crippen LogP contribution in [0.15, 0.2) is 18.2 Å². The highest BCUT2D eigenvalue weighted by Gasteiger charge is 2.07. The standard InChI is InChI=1S/C11H16N2/c1-8(2)9-5-4-6-11(13-3)10(9)7-12/h4-8,12-13H,1-3H3. The van der Waals surface area contributed by atoms with Crippen LogP contribution in [0.2, 0.25) is 0 Å². The molecule has 0 bridgehead atoms. The van der Waals surface area contributed by atoms with Crippen molar-refractivity contribution in [2.75, 3.05) is 12.4 Å². The second-order valence-electron chi connectivity index (χ2n) is 3.36. The van der Waals surface area contributed by atoms with Gasteiger partial charge in [0.1, 0.15) is 0 Å². The van der Waals surface area contributed by atoms with E-state index in [-0.39, 0.29) is 0 Å². The number of hydrogen-bond acceptors (Lipinski definition) is 2. The summed E-state index contributed by atoms with van der Waals surface area (Å²) >= 11 is 0. The van der Waals surface area contributed by atoms with Crippen LogP contribution >= 0.6 is 0 Å². The highest BCUT2D eigenvalue weighted by atomic mass is 14.8. The first-order valence-electron chi connectivity index (χ1n) is 4.51. The first-order valence-corrected chi connectivity index (χ1v) is 4.51. The van der Waals surface area contributed by atoms with Crippen molar-refractivity contribution in [1.29, 1.82) is 5.41 Å². The maximum absolute atomic E-state index is 7.36. The van der Waals surface area contributed by atoms with Crippen molar-refractivity contribution in [3.05, 3.63) is 29.3 Å². The van der Waals surface area contributed by atoms with Gasteiger partial charge in [0.25, 0.3) is 0 Å². The first kappa shape index (κ1) is 9.78. The van der Waals surface area contributed by atoms with Crippen LogP contribution < -0.4 is 5.32 Å². The Morgan fingerprint density at radius 3 is 2.54 bits per heavy atom. The molecule has 1 rings (SSSR count). The van der Waals surface area contributed by atoms with E-state index in [1.54, 1.807) is 0 Å². The molecule has 0 aliphatic heterocycles. The van der Waals surface area contributed by atoms with E-state index in [0.29, 0.717) is 5.92 Å². The van der Waals surface area contributed by atoms with Gasteiger partial charge in [-0.05, 0) is 17.5 Å². The maximum atomic E-state index is 7.36. The van der Waals surface area contributed by atoms with Gasteiger partial charge < -0.3 is 10.7 Å². The van der Waals surface area contributed by atoms with E-state index >= 15 is 0 Å². The van der Waals surface area contributed by atoms with E-state index in [1.807, 2.05) is 19.2 Å². The lowest BCUT2D eigenvalue weighted by Gasteiger charge is -2.13. The second kappa shape index (κ2) is 4.08. The van der Waals surface area contributed by atoms with Crippen molar-refractivity contribution in [2.24, 2.45) is 0 Å². The Morgan fingerprint density at radius 1 is 1.38 bits per heavy atom. The van der Waals surface area contributed by atoms with Crippen molar-refractivity contribution in [1.82, 2.24) is 0 Å². The lowest BCUT2D eigenvalue weighted by molar-refractivity contribution is 0.865. The third kappa shape index (κ3) is 1.89. The molecule has 0 saturated carbocycles. The Labute approximate surface area is 79.5 Å². The van der Waals surface area contributed by atoms with E-state index < -0.39 is 0 Å². The minimum Gasteiger partial charge on any atom is -0.388 e. The molecule has 1 aromatic carbocycles. The summed E-state index contributed by atoms with van der Waals surface area (Å²) in [6.07, 6.45) is 1.42. The molecular formula is C11H16N2. The third-order valence-corrected chi connectivity index (χ3v) is 2.18. The summed E-state index contributed by atoms with van der Waals surface area (Å²) in [5.41, 5.74) is 3.25. The monoisotopic (exact) mass is 176 g/mol. The van der Waals surface area contributed by atoms with Gasteiger partial charge in [-0.1, -0.05) is 26.0 Å². The SMILES string of the molecule is CNc1cccc(C(C)C)c1C=N. The molecule has 0 atom stereocenters. The number of hydrogen-bond donors (Lipinski definition) is 2. The van der Waals surface area contributed by atoms with Gasteiger partial charge in [-0.25, -0.2) is 0 Å². The average molecular weight is 176 g/mol. The fourth-order valence-electron chi connectivity index (χ4n) is 1.47. The predicted octanol–water partition coefficient (Wildman–Crippen LogP) is 2.85. The molecule has 0 heterocycles. The van der Waals surface area contributed by atoms with Gasteiger partial charge in [-0.15, -0.1) is 0 Å². The normalized spacial score (nSPS) is 10.2. The summed E-state index contributed by atoms with van der Waals surface area (Å²) in [7, 11) is 1.88. The van der Waals surface area contributed by atoms with Crippen molar-refractivity contribution in [3.8, 4) is 0 Å². The summed E-state index contributed by atoms with van der Waals surface area (Å²) in [5, 5.41) is 10.4. The smallest absolute Gasteiger partial charge is 0.0429 e. The summed E-state index contributed by atoms with van der Waals surface area (Å²) in [5.74, 6) is 0.463. The molecule has 0 fully saturated rings. The molecule has 0 aromatic heterocycles. The van der Waals surface area contributed by atoms with E-state index in [0.717, 1.165) is 11.3 Å². The average Bonchev–Trinajstić information content (AvgIpc) is 2.16. The van der Waals surface area contributed by atoms with Crippen LogP contribution in [0, 0.1) is 5.41 Å². The largest absolute Gasteiger partial charge is 0.388 e. The topological polar surface area (TPSA) is 35.9 Å². The van der Waals surface area contributed by atoms with E-state index in [1.165, 1.54) is 11.8 Å². The Balaban J connectivity index is 3.27. The second-order valence-corrected chi connectivity index (χ2v) is 3.36. The fraction of sp³-hybridized carbons (Fsp3) is 0.364. The predicted molar refractivity (Wildman–Crippen MR) is 58.0 cm³/mol. The first-order chi connectivity index (χ1) is 6.20. The molecule has 0 aliphatic rings. The van der Waals surface area contributed by atoms with Gasteiger partial charge in [0.15, 0.2) is 0 Å². The minimum atomic E-state index is 0.463. The molecule has 2 heteroatoms. The molecule has 1 aromatic rings. The van der Waals surface area contributed by atoms with Crippen LogP contribution in [-0.4, -0.2) is 13.3 Å². The van der Waals surface area contributed by atoms with Crippen LogP contribution in [-0.2, 0) is 0 Å². The molecule has 0 spiro atoms. The van der Waals surface area contributed by atoms with Gasteiger partial charge >= 0.3 is 0 Å². The minimum absolute atomic E-state index is 0.463. The van der Waals surface area contributed by atoms with Gasteiger partial charge in [-0.3, -0.25) is 0 Å². The van der Waals surface area contributed by atoms with E-state index in [4.69, 9.17) is 5.41 Å². The number of rotatable bonds is 3. The summed E-state index contributed by atoms with van der Waals surface area (Å²) in [4.78, 5) is 0. The van der Waals surface area contributed by atoms with Crippen LogP contribution in [0.3, 0.4) is 0 Å². The van der Waals surface area contributed by atoms with Gasteiger partial charge in [0.05, 0.1) is 0 Å². The van der Waals surface area contributed by atoms with Crippen LogP contribution in [0.25, 0.3) is 0 Å². The molecule has 2 N–H and O–H groups in total. The number of benzene rings is 1. The Bertz CT molecular complexity index is 303. The summed E-state index contributed by atoms with van der Waals surface area (Å²) < 4.78 is 0. The van der Waals surface area contributed by atoms with Crippen LogP contribution in [0.4, 0.5) is 5.69 Å². The number of anilines is 1. The highest BCUT2D eigenvalue weighted by molar-refractivity contribution is 5.88. The van der Waals surface area contributed by atoms with Crippen molar-refractivity contribution < 1.29 is 0 Å². The molecular weight excluding hydrogens is 160 g/mol. The Morgan fingerprint density at radius 2 is 2.08 bits per heavy atom.